The van der Waals surface area contributed by atoms with Gasteiger partial charge in [-0.15, -0.1) is 5.10 Å². The maximum atomic E-state index is 14.2. The molecule has 1 aromatic heterocycles. The summed E-state index contributed by atoms with van der Waals surface area (Å²) in [5.74, 6) is 0.528. The van der Waals surface area contributed by atoms with Crippen LogP contribution in [0.1, 0.15) is 32.4 Å². The molecule has 0 fully saturated rings. The molecular formula is C29H33N5O5. The number of hydrogen-bond acceptors (Lipinski definition) is 7. The fraction of sp³-hybridized carbons (Fsp3) is 0.310. The van der Waals surface area contributed by atoms with Crippen LogP contribution < -0.4 is 24.4 Å². The van der Waals surface area contributed by atoms with E-state index >= 15 is 0 Å². The van der Waals surface area contributed by atoms with Crippen LogP contribution in [0.2, 0.25) is 0 Å². The smallest absolute Gasteiger partial charge is 0.249 e. The molecule has 39 heavy (non-hydrogen) atoms. The van der Waals surface area contributed by atoms with Gasteiger partial charge in [0.05, 0.1) is 26.8 Å². The number of amides is 2. The maximum Gasteiger partial charge on any atom is 0.249 e. The predicted octanol–water partition coefficient (Wildman–Crippen LogP) is 4.15. The largest absolute Gasteiger partial charge is 0.497 e. The van der Waals surface area contributed by atoms with Crippen LogP contribution in [-0.2, 0) is 16.1 Å². The zero-order chi connectivity index (χ0) is 28.2. The molecule has 10 nitrogen and oxygen atoms in total. The van der Waals surface area contributed by atoms with Crippen molar-refractivity contribution < 1.29 is 23.8 Å². The van der Waals surface area contributed by atoms with Crippen molar-refractivity contribution in [3.05, 3.63) is 72.3 Å². The first-order valence-electron chi connectivity index (χ1n) is 12.4. The second-order valence-corrected chi connectivity index (χ2v) is 9.93. The minimum Gasteiger partial charge on any atom is -0.497 e. The average molecular weight is 532 g/mol. The first-order valence-corrected chi connectivity index (χ1v) is 12.4. The molecule has 1 atom stereocenters. The number of para-hydroxylation sites is 2. The van der Waals surface area contributed by atoms with E-state index in [1.54, 1.807) is 49.6 Å². The van der Waals surface area contributed by atoms with Gasteiger partial charge in [0.15, 0.2) is 11.5 Å². The molecule has 0 saturated heterocycles. The predicted molar refractivity (Wildman–Crippen MR) is 148 cm³/mol. The summed E-state index contributed by atoms with van der Waals surface area (Å²) in [5.41, 5.74) is 1.70. The first-order chi connectivity index (χ1) is 18.7. The zero-order valence-corrected chi connectivity index (χ0v) is 23.0. The second-order valence-electron chi connectivity index (χ2n) is 9.93. The van der Waals surface area contributed by atoms with Gasteiger partial charge < -0.3 is 19.5 Å². The third-order valence-corrected chi connectivity index (χ3v) is 6.04. The highest BCUT2D eigenvalue weighted by Gasteiger charge is 2.37. The molecule has 4 rings (SSSR count). The highest BCUT2D eigenvalue weighted by atomic mass is 16.5. The Morgan fingerprint density at radius 3 is 2.38 bits per heavy atom. The topological polar surface area (TPSA) is 108 Å². The molecule has 0 unspecified atom stereocenters. The van der Waals surface area contributed by atoms with E-state index in [0.29, 0.717) is 39.5 Å². The molecule has 0 bridgehead atoms. The maximum absolute atomic E-state index is 14.2. The molecule has 0 aliphatic heterocycles. The lowest BCUT2D eigenvalue weighted by Gasteiger charge is -2.34. The molecule has 2 amide bonds. The highest BCUT2D eigenvalue weighted by Crippen LogP contribution is 2.40. The van der Waals surface area contributed by atoms with Crippen molar-refractivity contribution in [2.75, 3.05) is 26.2 Å². The van der Waals surface area contributed by atoms with E-state index < -0.39 is 23.4 Å². The summed E-state index contributed by atoms with van der Waals surface area (Å²) in [5, 5.41) is 11.4. The average Bonchev–Trinajstić information content (AvgIpc) is 3.32. The van der Waals surface area contributed by atoms with Gasteiger partial charge in [-0.3, -0.25) is 14.5 Å². The Kier molecular flexibility index (Phi) is 8.04. The molecule has 10 heteroatoms. The van der Waals surface area contributed by atoms with E-state index in [-0.39, 0.29) is 6.54 Å². The third-order valence-electron chi connectivity index (χ3n) is 6.04. The van der Waals surface area contributed by atoms with Gasteiger partial charge in [-0.25, -0.2) is 4.68 Å². The zero-order valence-electron chi connectivity index (χ0n) is 23.0. The summed E-state index contributed by atoms with van der Waals surface area (Å²) in [6.07, 6.45) is 0. The Morgan fingerprint density at radius 1 is 0.949 bits per heavy atom. The van der Waals surface area contributed by atoms with Gasteiger partial charge in [-0.1, -0.05) is 35.5 Å². The summed E-state index contributed by atoms with van der Waals surface area (Å²) >= 11 is 0. The van der Waals surface area contributed by atoms with E-state index in [0.717, 1.165) is 0 Å². The number of methoxy groups -OCH3 is 3. The Bertz CT molecular complexity index is 1480. The Hall–Kier alpha value is -4.60. The van der Waals surface area contributed by atoms with E-state index in [1.807, 2.05) is 45.0 Å². The number of aromatic nitrogens is 3. The van der Waals surface area contributed by atoms with E-state index in [1.165, 1.54) is 23.8 Å². The molecule has 204 valence electrons. The molecule has 4 aromatic rings. The minimum atomic E-state index is -1.12. The van der Waals surface area contributed by atoms with Crippen molar-refractivity contribution in [1.82, 2.24) is 20.3 Å². The van der Waals surface area contributed by atoms with Crippen molar-refractivity contribution in [3.63, 3.8) is 0 Å². The van der Waals surface area contributed by atoms with Crippen molar-refractivity contribution in [3.8, 4) is 17.2 Å². The standard InChI is InChI=1S/C29H33N5O5/c1-29(2,3)30-28(36)26(21-13-10-16-24(38-5)27(21)39-6)34(19-11-9-12-20(17-19)37-4)25(35)18-33-23-15-8-7-14-22(23)31-32-33/h7-17,26H,18H2,1-6H3,(H,30,36)/t26-/m0/s1. The molecular weight excluding hydrogens is 498 g/mol. The lowest BCUT2D eigenvalue weighted by Crippen LogP contribution is -2.50. The molecule has 0 aliphatic carbocycles. The number of anilines is 1. The normalized spacial score (nSPS) is 12.1. The van der Waals surface area contributed by atoms with E-state index in [2.05, 4.69) is 15.6 Å². The van der Waals surface area contributed by atoms with Crippen LogP contribution >= 0.6 is 0 Å². The Balaban J connectivity index is 1.91. The quantitative estimate of drug-likeness (QED) is 0.346. The molecule has 1 N–H and O–H groups in total. The molecule has 0 aliphatic rings. The number of carbonyl (C=O) groups excluding carboxylic acids is 2. The van der Waals surface area contributed by atoms with Crippen LogP contribution in [0.5, 0.6) is 17.2 Å². The summed E-state index contributed by atoms with van der Waals surface area (Å²) in [7, 11) is 4.56. The number of benzene rings is 3. The number of fused-ring (bicyclic) bond motifs is 1. The number of hydrogen-bond donors (Lipinski definition) is 1. The summed E-state index contributed by atoms with van der Waals surface area (Å²) in [6.45, 7) is 5.47. The van der Waals surface area contributed by atoms with Gasteiger partial charge >= 0.3 is 0 Å². The fourth-order valence-electron chi connectivity index (χ4n) is 4.40. The van der Waals surface area contributed by atoms with Crippen LogP contribution in [0.3, 0.4) is 0 Å². The second kappa shape index (κ2) is 11.4. The number of nitrogens with one attached hydrogen (secondary N) is 1. The number of ether oxygens (including phenoxy) is 3. The number of carbonyl (C=O) groups is 2. The van der Waals surface area contributed by atoms with Gasteiger partial charge in [0.1, 0.15) is 23.9 Å². The Morgan fingerprint density at radius 2 is 1.69 bits per heavy atom. The monoisotopic (exact) mass is 531 g/mol. The SMILES string of the molecule is COc1cccc(N(C(=O)Cn2nnc3ccccc32)[C@H](C(=O)NC(C)(C)C)c2cccc(OC)c2OC)c1. The van der Waals surface area contributed by atoms with Crippen molar-refractivity contribution in [1.29, 1.82) is 0 Å². The molecule has 0 spiro atoms. The van der Waals surface area contributed by atoms with Crippen LogP contribution in [0.4, 0.5) is 5.69 Å². The first kappa shape index (κ1) is 27.4. The molecule has 0 radical (unpaired) electrons. The van der Waals surface area contributed by atoms with E-state index in [9.17, 15) is 9.59 Å². The van der Waals surface area contributed by atoms with E-state index in [4.69, 9.17) is 14.2 Å². The Labute approximate surface area is 227 Å². The number of nitrogens with zero attached hydrogens (tertiary/aromatic N) is 4. The summed E-state index contributed by atoms with van der Waals surface area (Å²) in [6, 6.07) is 18.5. The van der Waals surface area contributed by atoms with Crippen molar-refractivity contribution >= 4 is 28.5 Å². The molecule has 0 saturated carbocycles. The van der Waals surface area contributed by atoms with Crippen LogP contribution in [-0.4, -0.2) is 53.7 Å². The highest BCUT2D eigenvalue weighted by molar-refractivity contribution is 6.02. The molecule has 1 heterocycles. The lowest BCUT2D eigenvalue weighted by molar-refractivity contribution is -0.128. The summed E-state index contributed by atoms with van der Waals surface area (Å²) in [4.78, 5) is 29.7. The third kappa shape index (κ3) is 5.95. The van der Waals surface area contributed by atoms with Crippen molar-refractivity contribution in [2.45, 2.75) is 38.9 Å². The fourth-order valence-corrected chi connectivity index (χ4v) is 4.40. The minimum absolute atomic E-state index is 0.163. The van der Waals surface area contributed by atoms with Crippen molar-refractivity contribution in [2.24, 2.45) is 0 Å². The van der Waals surface area contributed by atoms with Gasteiger partial charge in [0, 0.05) is 22.9 Å². The van der Waals surface area contributed by atoms with Crippen LogP contribution in [0.25, 0.3) is 11.0 Å². The van der Waals surface area contributed by atoms with Crippen LogP contribution in [0, 0.1) is 0 Å². The van der Waals surface area contributed by atoms with Gasteiger partial charge in [-0.05, 0) is 51.1 Å². The van der Waals surface area contributed by atoms with Gasteiger partial charge in [-0.2, -0.15) is 0 Å². The molecule has 3 aromatic carbocycles. The van der Waals surface area contributed by atoms with Gasteiger partial charge in [0.2, 0.25) is 11.8 Å². The lowest BCUT2D eigenvalue weighted by atomic mass is 9.99. The number of rotatable bonds is 9. The van der Waals surface area contributed by atoms with Gasteiger partial charge in [0.25, 0.3) is 0 Å². The van der Waals surface area contributed by atoms with Crippen LogP contribution in [0.15, 0.2) is 66.7 Å². The summed E-state index contributed by atoms with van der Waals surface area (Å²) < 4.78 is 18.2.